The van der Waals surface area contributed by atoms with Gasteiger partial charge in [0.1, 0.15) is 11.6 Å². The maximum Gasteiger partial charge on any atom is 0.416 e. The van der Waals surface area contributed by atoms with Gasteiger partial charge in [0.15, 0.2) is 5.79 Å². The van der Waals surface area contributed by atoms with Crippen LogP contribution in [0, 0.1) is 5.41 Å². The van der Waals surface area contributed by atoms with Crippen molar-refractivity contribution in [2.75, 3.05) is 14.2 Å². The summed E-state index contributed by atoms with van der Waals surface area (Å²) in [4.78, 5) is 65.9. The lowest BCUT2D eigenvalue weighted by Gasteiger charge is -2.59. The van der Waals surface area contributed by atoms with Gasteiger partial charge in [-0.15, -0.1) is 0 Å². The SMILES string of the molecule is COC1(OC)CC(c2cc(C(F)(F)F)ccn2)(C(C)(C)C)C1.O=C1CC(c2cc(C(F)(F)F)ccn2)C1.O=C1CC(c2cc(C(F)(F)F)ccn2)C1.O=C=O.O=C=O. The van der Waals surface area contributed by atoms with Crippen molar-refractivity contribution >= 4 is 23.9 Å². The standard InChI is InChI=1S/C16H22F3NO2.2C10H8F3NO.2CO2/c1-13(2,3)14(9-15(10-14,21-4)22-5)12-8-11(6-7-20-12)16(17,18)19;2*11-10(12,13)7-1-2-14-9(5-7)6-3-8(15)4-6;2*2-1-3/h6-8H,9-10H2,1-5H3;2*1-2,5-6H,3-4H2;;. The maximum atomic E-state index is 13.0. The Balaban J connectivity index is 0.000000286. The van der Waals surface area contributed by atoms with E-state index < -0.39 is 46.4 Å². The molecule has 6 rings (SSSR count). The summed E-state index contributed by atoms with van der Waals surface area (Å²) in [6.45, 7) is 6.01. The molecule has 0 aliphatic heterocycles. The third kappa shape index (κ3) is 12.7. The number of hydrogen-bond acceptors (Lipinski definition) is 11. The van der Waals surface area contributed by atoms with Gasteiger partial charge < -0.3 is 9.47 Å². The number of ether oxygens (including phenoxy) is 2. The van der Waals surface area contributed by atoms with Crippen LogP contribution in [-0.4, -0.2) is 58.8 Å². The molecule has 3 fully saturated rings. The van der Waals surface area contributed by atoms with Gasteiger partial charge in [0, 0.05) is 106 Å². The first-order valence-electron chi connectivity index (χ1n) is 17.0. The van der Waals surface area contributed by atoms with Gasteiger partial charge in [-0.2, -0.15) is 58.7 Å². The lowest BCUT2D eigenvalue weighted by Crippen LogP contribution is -2.62. The van der Waals surface area contributed by atoms with Gasteiger partial charge in [-0.1, -0.05) is 20.8 Å². The van der Waals surface area contributed by atoms with Gasteiger partial charge in [0.25, 0.3) is 0 Å². The van der Waals surface area contributed by atoms with Gasteiger partial charge in [-0.25, -0.2) is 0 Å². The van der Waals surface area contributed by atoms with Gasteiger partial charge in [-0.3, -0.25) is 24.5 Å². The van der Waals surface area contributed by atoms with Crippen molar-refractivity contribution in [2.45, 2.75) is 101 Å². The number of aromatic nitrogens is 3. The van der Waals surface area contributed by atoms with Gasteiger partial charge in [0.05, 0.1) is 16.7 Å². The smallest absolute Gasteiger partial charge is 0.353 e. The largest absolute Gasteiger partial charge is 0.416 e. The summed E-state index contributed by atoms with van der Waals surface area (Å²) in [6.07, 6.45) is -6.84. The van der Waals surface area contributed by atoms with Crippen LogP contribution in [0.25, 0.3) is 0 Å². The van der Waals surface area contributed by atoms with E-state index in [-0.39, 0.29) is 41.1 Å². The molecule has 3 saturated carbocycles. The summed E-state index contributed by atoms with van der Waals surface area (Å²) in [5, 5.41) is 0. The van der Waals surface area contributed by atoms with Crippen LogP contribution in [0.4, 0.5) is 39.5 Å². The summed E-state index contributed by atoms with van der Waals surface area (Å²) >= 11 is 0. The van der Waals surface area contributed by atoms with Gasteiger partial charge in [-0.05, 0) is 41.8 Å². The molecule has 316 valence electrons. The molecular weight excluding hydrogens is 797 g/mol. The number of methoxy groups -OCH3 is 2. The molecule has 3 aliphatic carbocycles. The molecule has 0 atom stereocenters. The Morgan fingerprint density at radius 2 is 0.897 bits per heavy atom. The summed E-state index contributed by atoms with van der Waals surface area (Å²) in [6, 6.07) is 6.07. The average Bonchev–Trinajstić information content (AvgIpc) is 3.09. The molecule has 3 aromatic heterocycles. The van der Waals surface area contributed by atoms with E-state index in [1.165, 1.54) is 6.20 Å². The van der Waals surface area contributed by atoms with Crippen LogP contribution in [0.15, 0.2) is 55.0 Å². The number of alkyl halides is 9. The Bertz CT molecular complexity index is 1830. The fourth-order valence-electron chi connectivity index (χ4n) is 6.30. The predicted molar refractivity (Wildman–Crippen MR) is 179 cm³/mol. The summed E-state index contributed by atoms with van der Waals surface area (Å²) < 4.78 is 124. The zero-order valence-electron chi connectivity index (χ0n) is 31.6. The summed E-state index contributed by atoms with van der Waals surface area (Å²) in [7, 11) is 3.10. The van der Waals surface area contributed by atoms with Crippen LogP contribution in [-0.2, 0) is 62.2 Å². The van der Waals surface area contributed by atoms with E-state index in [2.05, 4.69) is 15.0 Å². The molecule has 0 bridgehead atoms. The first kappa shape index (κ1) is 49.0. The quantitative estimate of drug-likeness (QED) is 0.181. The number of halogens is 9. The number of hydrogen-bond donors (Lipinski definition) is 0. The Morgan fingerprint density at radius 1 is 0.586 bits per heavy atom. The fourth-order valence-corrected chi connectivity index (χ4v) is 6.30. The van der Waals surface area contributed by atoms with Crippen molar-refractivity contribution in [1.29, 1.82) is 0 Å². The minimum absolute atomic E-state index is 0.0826. The Kier molecular flexibility index (Phi) is 16.5. The highest BCUT2D eigenvalue weighted by Crippen LogP contribution is 2.60. The first-order chi connectivity index (χ1) is 26.8. The molecule has 0 radical (unpaired) electrons. The normalized spacial score (nSPS) is 17.2. The third-order valence-electron chi connectivity index (χ3n) is 9.85. The second kappa shape index (κ2) is 19.5. The van der Waals surface area contributed by atoms with E-state index in [1.54, 1.807) is 14.2 Å². The molecule has 0 unspecified atom stereocenters. The zero-order chi connectivity index (χ0) is 44.3. The molecule has 0 spiro atoms. The number of rotatable bonds is 5. The fraction of sp³-hybridized carbons (Fsp3) is 0.500. The molecule has 20 heteroatoms. The predicted octanol–water partition coefficient (Wildman–Crippen LogP) is 8.09. The molecule has 58 heavy (non-hydrogen) atoms. The zero-order valence-corrected chi connectivity index (χ0v) is 31.6. The minimum Gasteiger partial charge on any atom is -0.353 e. The number of pyridine rings is 3. The number of ketones is 2. The van der Waals surface area contributed by atoms with Crippen molar-refractivity contribution in [3.05, 3.63) is 88.8 Å². The van der Waals surface area contributed by atoms with Crippen LogP contribution < -0.4 is 0 Å². The van der Waals surface area contributed by atoms with E-state index in [4.69, 9.17) is 28.7 Å². The van der Waals surface area contributed by atoms with Gasteiger partial charge >= 0.3 is 30.8 Å². The summed E-state index contributed by atoms with van der Waals surface area (Å²) in [5.74, 6) is -0.832. The number of carbonyl (C=O) groups is 2. The molecule has 11 nitrogen and oxygen atoms in total. The highest BCUT2D eigenvalue weighted by atomic mass is 19.4. The third-order valence-corrected chi connectivity index (χ3v) is 9.85. The van der Waals surface area contributed by atoms with E-state index in [9.17, 15) is 49.1 Å². The Morgan fingerprint density at radius 3 is 1.17 bits per heavy atom. The van der Waals surface area contributed by atoms with Crippen LogP contribution in [0.1, 0.15) is 105 Å². The van der Waals surface area contributed by atoms with Crippen LogP contribution in [0.2, 0.25) is 0 Å². The first-order valence-corrected chi connectivity index (χ1v) is 17.0. The van der Waals surface area contributed by atoms with Crippen LogP contribution >= 0.6 is 0 Å². The highest BCUT2D eigenvalue weighted by Gasteiger charge is 2.62. The lowest BCUT2D eigenvalue weighted by atomic mass is 9.50. The molecule has 3 aromatic rings. The number of nitrogens with zero attached hydrogens (tertiary/aromatic N) is 3. The molecule has 0 amide bonds. The highest BCUT2D eigenvalue weighted by molar-refractivity contribution is 5.86. The second-order valence-corrected chi connectivity index (χ2v) is 14.3. The molecule has 0 saturated heterocycles. The van der Waals surface area contributed by atoms with Crippen molar-refractivity contribution in [1.82, 2.24) is 15.0 Å². The summed E-state index contributed by atoms with van der Waals surface area (Å²) in [5.41, 5.74) is -1.69. The van der Waals surface area contributed by atoms with Crippen molar-refractivity contribution in [3.63, 3.8) is 0 Å². The van der Waals surface area contributed by atoms with Crippen molar-refractivity contribution < 1.29 is 77.8 Å². The molecule has 0 N–H and O–H groups in total. The molecule has 0 aromatic carbocycles. The van der Waals surface area contributed by atoms with Gasteiger partial charge in [0.2, 0.25) is 0 Å². The van der Waals surface area contributed by atoms with E-state index in [0.29, 0.717) is 55.6 Å². The Hall–Kier alpha value is -5.16. The van der Waals surface area contributed by atoms with Crippen molar-refractivity contribution in [2.24, 2.45) is 5.41 Å². The number of Topliss-reactive ketones (excluding diaryl/α,β-unsaturated/α-hetero) is 2. The van der Waals surface area contributed by atoms with E-state index >= 15 is 0 Å². The molecule has 3 heterocycles. The van der Waals surface area contributed by atoms with E-state index in [1.807, 2.05) is 20.8 Å². The van der Waals surface area contributed by atoms with Crippen LogP contribution in [0.3, 0.4) is 0 Å². The Labute approximate surface area is 325 Å². The topological polar surface area (TPSA) is 160 Å². The maximum absolute atomic E-state index is 13.0. The monoisotopic (exact) mass is 835 g/mol. The van der Waals surface area contributed by atoms with Crippen LogP contribution in [0.5, 0.6) is 0 Å². The second-order valence-electron chi connectivity index (χ2n) is 14.3. The molecule has 3 aliphatic rings. The number of carbonyl (C=O) groups excluding carboxylic acids is 6. The minimum atomic E-state index is -4.37. The molecular formula is C38H38F9N3O8. The lowest BCUT2D eigenvalue weighted by molar-refractivity contribution is -0.293. The van der Waals surface area contributed by atoms with E-state index in [0.717, 1.165) is 48.8 Å². The average molecular weight is 836 g/mol. The van der Waals surface area contributed by atoms with Crippen molar-refractivity contribution in [3.8, 4) is 0 Å².